The number of amides is 1. The third kappa shape index (κ3) is 3.85. The van der Waals surface area contributed by atoms with E-state index in [9.17, 15) is 4.79 Å². The van der Waals surface area contributed by atoms with Crippen LogP contribution in [-0.4, -0.2) is 79.2 Å². The lowest BCUT2D eigenvalue weighted by Gasteiger charge is -2.43. The molecule has 0 radical (unpaired) electrons. The Morgan fingerprint density at radius 1 is 1.03 bits per heavy atom. The number of nitrogens with zero attached hydrogens (tertiary/aromatic N) is 4. The lowest BCUT2D eigenvalue weighted by Crippen LogP contribution is -2.52. The second-order valence-electron chi connectivity index (χ2n) is 8.46. The number of anilines is 1. The summed E-state index contributed by atoms with van der Waals surface area (Å²) in [5.74, 6) is 1.53. The van der Waals surface area contributed by atoms with Crippen molar-refractivity contribution in [3.05, 3.63) is 24.6 Å². The molecule has 3 fully saturated rings. The molecule has 0 aliphatic carbocycles. The van der Waals surface area contributed by atoms with Crippen LogP contribution in [-0.2, 0) is 9.53 Å². The molecule has 29 heavy (non-hydrogen) atoms. The second-order valence-corrected chi connectivity index (χ2v) is 8.46. The van der Waals surface area contributed by atoms with Crippen molar-refractivity contribution in [3.8, 4) is 0 Å². The van der Waals surface area contributed by atoms with Gasteiger partial charge in [-0.3, -0.25) is 9.69 Å². The van der Waals surface area contributed by atoms with Gasteiger partial charge in [0.15, 0.2) is 0 Å². The summed E-state index contributed by atoms with van der Waals surface area (Å²) < 4.78 is 10.9. The Hall–Kier alpha value is -2.12. The predicted octanol–water partition coefficient (Wildman–Crippen LogP) is 2.37. The number of likely N-dealkylation sites (tertiary alicyclic amines) is 1. The van der Waals surface area contributed by atoms with Crippen LogP contribution < -0.4 is 4.90 Å². The number of rotatable bonds is 3. The third-order valence-electron chi connectivity index (χ3n) is 6.76. The molecule has 1 amide bonds. The van der Waals surface area contributed by atoms with Crippen molar-refractivity contribution in [2.45, 2.75) is 31.7 Å². The molecule has 156 valence electrons. The van der Waals surface area contributed by atoms with Gasteiger partial charge in [-0.15, -0.1) is 0 Å². The summed E-state index contributed by atoms with van der Waals surface area (Å²) in [6.07, 6.45) is 7.96. The Kier molecular flexibility index (Phi) is 5.42. The zero-order chi connectivity index (χ0) is 19.6. The lowest BCUT2D eigenvalue weighted by molar-refractivity contribution is -0.141. The number of morpholine rings is 1. The van der Waals surface area contributed by atoms with Gasteiger partial charge in [-0.25, -0.2) is 4.98 Å². The highest BCUT2D eigenvalue weighted by Crippen LogP contribution is 2.30. The molecule has 0 saturated carbocycles. The number of hydrogen-bond donors (Lipinski definition) is 0. The minimum absolute atomic E-state index is 0.154. The molecular formula is C22H30N4O3. The van der Waals surface area contributed by atoms with Gasteiger partial charge in [0.2, 0.25) is 5.91 Å². The zero-order valence-corrected chi connectivity index (χ0v) is 17.0. The van der Waals surface area contributed by atoms with Crippen LogP contribution in [0.1, 0.15) is 25.7 Å². The molecule has 0 aromatic carbocycles. The number of carbonyl (C=O) groups excluding carboxylic acids is 1. The van der Waals surface area contributed by atoms with Crippen molar-refractivity contribution < 1.29 is 13.9 Å². The first-order valence-corrected chi connectivity index (χ1v) is 11.0. The van der Waals surface area contributed by atoms with Crippen LogP contribution in [0, 0.1) is 5.92 Å². The first kappa shape index (κ1) is 18.9. The van der Waals surface area contributed by atoms with Crippen LogP contribution in [0.2, 0.25) is 0 Å². The summed E-state index contributed by atoms with van der Waals surface area (Å²) in [4.78, 5) is 24.5. The molecule has 1 atom stereocenters. The predicted molar refractivity (Wildman–Crippen MR) is 111 cm³/mol. The molecule has 0 bridgehead atoms. The van der Waals surface area contributed by atoms with Crippen LogP contribution in [0.15, 0.2) is 29.0 Å². The molecule has 0 N–H and O–H groups in total. The number of carbonyl (C=O) groups is 1. The average molecular weight is 399 g/mol. The SMILES string of the molecule is O=C([C@@H]1CCCN(C2CCN(c3nccc4occc34)CC2)C1)N1CCOCC1. The van der Waals surface area contributed by atoms with Gasteiger partial charge in [-0.1, -0.05) is 0 Å². The van der Waals surface area contributed by atoms with Crippen molar-refractivity contribution >= 4 is 22.7 Å². The normalized spacial score (nSPS) is 24.9. The van der Waals surface area contributed by atoms with Gasteiger partial charge in [0, 0.05) is 45.0 Å². The monoisotopic (exact) mass is 398 g/mol. The number of pyridine rings is 1. The van der Waals surface area contributed by atoms with E-state index in [-0.39, 0.29) is 5.92 Å². The summed E-state index contributed by atoms with van der Waals surface area (Å²) in [5.41, 5.74) is 0.901. The van der Waals surface area contributed by atoms with Crippen LogP contribution in [0.4, 0.5) is 5.82 Å². The largest absolute Gasteiger partial charge is 0.464 e. The van der Waals surface area contributed by atoms with E-state index in [1.54, 1.807) is 6.26 Å². The highest BCUT2D eigenvalue weighted by molar-refractivity contribution is 5.88. The molecule has 3 aliphatic rings. The van der Waals surface area contributed by atoms with Crippen LogP contribution in [0.3, 0.4) is 0 Å². The van der Waals surface area contributed by atoms with Gasteiger partial charge in [0.1, 0.15) is 11.4 Å². The zero-order valence-electron chi connectivity index (χ0n) is 17.0. The highest BCUT2D eigenvalue weighted by atomic mass is 16.5. The van der Waals surface area contributed by atoms with E-state index in [0.29, 0.717) is 25.2 Å². The molecule has 0 spiro atoms. The fraction of sp³-hybridized carbons (Fsp3) is 0.636. The van der Waals surface area contributed by atoms with E-state index in [4.69, 9.17) is 9.15 Å². The van der Waals surface area contributed by atoms with Gasteiger partial charge in [-0.2, -0.15) is 0 Å². The Balaban J connectivity index is 1.19. The number of hydrogen-bond acceptors (Lipinski definition) is 6. The topological polar surface area (TPSA) is 62.1 Å². The number of aromatic nitrogens is 1. The summed E-state index contributed by atoms with van der Waals surface area (Å²) in [5, 5.41) is 1.10. The van der Waals surface area contributed by atoms with Crippen molar-refractivity contribution in [1.82, 2.24) is 14.8 Å². The first-order chi connectivity index (χ1) is 14.3. The molecule has 3 saturated heterocycles. The summed E-state index contributed by atoms with van der Waals surface area (Å²) in [7, 11) is 0. The number of furan rings is 1. The van der Waals surface area contributed by atoms with E-state index in [1.165, 1.54) is 0 Å². The van der Waals surface area contributed by atoms with Crippen LogP contribution in [0.25, 0.3) is 11.0 Å². The van der Waals surface area contributed by atoms with Crippen LogP contribution in [0.5, 0.6) is 0 Å². The molecule has 2 aromatic rings. The molecular weight excluding hydrogens is 368 g/mol. The Morgan fingerprint density at radius 2 is 1.86 bits per heavy atom. The van der Waals surface area contributed by atoms with E-state index in [2.05, 4.69) is 14.8 Å². The fourth-order valence-corrected chi connectivity index (χ4v) is 5.16. The second kappa shape index (κ2) is 8.32. The van der Waals surface area contributed by atoms with Crippen molar-refractivity contribution in [2.24, 2.45) is 5.92 Å². The van der Waals surface area contributed by atoms with Gasteiger partial charge < -0.3 is 19.0 Å². The van der Waals surface area contributed by atoms with Gasteiger partial charge in [0.25, 0.3) is 0 Å². The standard InChI is InChI=1S/C22H30N4O3/c27-22(25-11-14-28-15-12-25)17-2-1-8-26(16-17)18-4-9-24(10-5-18)21-19-6-13-29-20(19)3-7-23-21/h3,6-7,13,17-18H,1-2,4-5,8-12,14-16H2/t17-/m1/s1. The first-order valence-electron chi connectivity index (χ1n) is 11.0. The maximum Gasteiger partial charge on any atom is 0.227 e. The van der Waals surface area contributed by atoms with Gasteiger partial charge in [-0.05, 0) is 44.4 Å². The maximum atomic E-state index is 12.9. The quantitative estimate of drug-likeness (QED) is 0.791. The van der Waals surface area contributed by atoms with Gasteiger partial charge in [0.05, 0.1) is 30.8 Å². The summed E-state index contributed by atoms with van der Waals surface area (Å²) in [6.45, 7) is 6.89. The van der Waals surface area contributed by atoms with Crippen molar-refractivity contribution in [2.75, 3.05) is 57.4 Å². The average Bonchev–Trinajstić information content (AvgIpc) is 3.28. The van der Waals surface area contributed by atoms with Crippen molar-refractivity contribution in [1.29, 1.82) is 0 Å². The van der Waals surface area contributed by atoms with E-state index in [0.717, 1.165) is 81.7 Å². The molecule has 7 nitrogen and oxygen atoms in total. The lowest BCUT2D eigenvalue weighted by atomic mass is 9.92. The Morgan fingerprint density at radius 3 is 2.69 bits per heavy atom. The number of fused-ring (bicyclic) bond motifs is 1. The Labute approximate surface area is 171 Å². The minimum Gasteiger partial charge on any atom is -0.464 e. The van der Waals surface area contributed by atoms with E-state index >= 15 is 0 Å². The number of ether oxygens (including phenoxy) is 1. The summed E-state index contributed by atoms with van der Waals surface area (Å²) in [6, 6.07) is 4.50. The van der Waals surface area contributed by atoms with Crippen LogP contribution >= 0.6 is 0 Å². The molecule has 5 rings (SSSR count). The summed E-state index contributed by atoms with van der Waals surface area (Å²) >= 11 is 0. The molecule has 2 aromatic heterocycles. The third-order valence-corrected chi connectivity index (χ3v) is 6.76. The number of piperidine rings is 2. The molecule has 3 aliphatic heterocycles. The fourth-order valence-electron chi connectivity index (χ4n) is 5.16. The van der Waals surface area contributed by atoms with Crippen molar-refractivity contribution in [3.63, 3.8) is 0 Å². The van der Waals surface area contributed by atoms with E-state index in [1.807, 2.05) is 23.2 Å². The smallest absolute Gasteiger partial charge is 0.227 e. The minimum atomic E-state index is 0.154. The molecule has 0 unspecified atom stereocenters. The Bertz CT molecular complexity index is 839. The highest BCUT2D eigenvalue weighted by Gasteiger charge is 2.34. The van der Waals surface area contributed by atoms with Gasteiger partial charge >= 0.3 is 0 Å². The maximum absolute atomic E-state index is 12.9. The molecule has 7 heteroatoms. The van der Waals surface area contributed by atoms with E-state index < -0.39 is 0 Å². The molecule has 5 heterocycles.